The number of hydrogen-bond acceptors (Lipinski definition) is 3. The number of carbonyl (C=O) groups excluding carboxylic acids is 1. The second kappa shape index (κ2) is 4.58. The lowest BCUT2D eigenvalue weighted by Crippen LogP contribution is -2.59. The first-order chi connectivity index (χ1) is 10.8. The van der Waals surface area contributed by atoms with E-state index in [1.54, 1.807) is 12.7 Å². The maximum absolute atomic E-state index is 12.5. The molecule has 3 fully saturated rings. The molecule has 3 heteroatoms. The van der Waals surface area contributed by atoms with Crippen molar-refractivity contribution in [1.82, 2.24) is 0 Å². The van der Waals surface area contributed by atoms with Crippen molar-refractivity contribution in [1.29, 1.82) is 0 Å². The summed E-state index contributed by atoms with van der Waals surface area (Å²) in [6, 6.07) is 0. The van der Waals surface area contributed by atoms with Crippen molar-refractivity contribution in [3.05, 3.63) is 23.3 Å². The number of methoxy groups -OCH3 is 1. The number of rotatable bonds is 2. The average molecular weight is 316 g/mol. The maximum atomic E-state index is 12.5. The molecule has 2 saturated heterocycles. The van der Waals surface area contributed by atoms with Gasteiger partial charge in [-0.1, -0.05) is 45.4 Å². The maximum Gasteiger partial charge on any atom is 0.181 e. The molecule has 0 aromatic rings. The van der Waals surface area contributed by atoms with Crippen LogP contribution in [0.5, 0.6) is 0 Å². The summed E-state index contributed by atoms with van der Waals surface area (Å²) in [6.07, 6.45) is 7.84. The molecular weight excluding hydrogens is 288 g/mol. The molecule has 3 nitrogen and oxygen atoms in total. The fourth-order valence-corrected chi connectivity index (χ4v) is 5.71. The van der Waals surface area contributed by atoms with E-state index in [2.05, 4.69) is 39.8 Å². The van der Waals surface area contributed by atoms with Crippen LogP contribution in [0, 0.1) is 22.7 Å². The monoisotopic (exact) mass is 316 g/mol. The molecule has 2 bridgehead atoms. The van der Waals surface area contributed by atoms with Crippen LogP contribution in [0.25, 0.3) is 0 Å². The Bertz CT molecular complexity index is 631. The normalized spacial score (nSPS) is 48.2. The molecule has 2 aliphatic heterocycles. The van der Waals surface area contributed by atoms with Gasteiger partial charge in [0.1, 0.15) is 6.10 Å². The van der Waals surface area contributed by atoms with Crippen molar-refractivity contribution in [2.24, 2.45) is 22.7 Å². The highest BCUT2D eigenvalue weighted by Crippen LogP contribution is 2.67. The summed E-state index contributed by atoms with van der Waals surface area (Å²) in [6.45, 7) is 9.20. The van der Waals surface area contributed by atoms with Crippen molar-refractivity contribution in [3.8, 4) is 0 Å². The highest BCUT2D eigenvalue weighted by Gasteiger charge is 2.68. The van der Waals surface area contributed by atoms with Crippen molar-refractivity contribution in [2.75, 3.05) is 7.11 Å². The van der Waals surface area contributed by atoms with Crippen LogP contribution in [0.1, 0.15) is 53.4 Å². The first-order valence-electron chi connectivity index (χ1n) is 8.96. The number of allylic oxidation sites excluding steroid dienone is 4. The van der Waals surface area contributed by atoms with Gasteiger partial charge in [-0.25, -0.2) is 0 Å². The van der Waals surface area contributed by atoms with Crippen LogP contribution >= 0.6 is 0 Å². The summed E-state index contributed by atoms with van der Waals surface area (Å²) in [5.41, 5.74) is 3.07. The first-order valence-corrected chi connectivity index (χ1v) is 8.96. The summed E-state index contributed by atoms with van der Waals surface area (Å²) >= 11 is 0. The van der Waals surface area contributed by atoms with E-state index in [1.807, 2.05) is 0 Å². The van der Waals surface area contributed by atoms with E-state index in [0.29, 0.717) is 18.3 Å². The summed E-state index contributed by atoms with van der Waals surface area (Å²) in [7, 11) is 1.71. The molecule has 126 valence electrons. The van der Waals surface area contributed by atoms with Gasteiger partial charge in [-0.2, -0.15) is 0 Å². The Labute approximate surface area is 139 Å². The van der Waals surface area contributed by atoms with Gasteiger partial charge in [-0.3, -0.25) is 4.79 Å². The fourth-order valence-electron chi connectivity index (χ4n) is 5.71. The Hall–Kier alpha value is -0.930. The number of ketones is 1. The molecule has 23 heavy (non-hydrogen) atoms. The van der Waals surface area contributed by atoms with E-state index in [1.165, 1.54) is 5.57 Å². The Kier molecular flexibility index (Phi) is 3.10. The molecular formula is C20H28O3. The third-order valence-electron chi connectivity index (χ3n) is 7.21. The number of Topliss-reactive ketones (excluding diaryl/α,β-unsaturated/α-hetero) is 1. The van der Waals surface area contributed by atoms with Gasteiger partial charge < -0.3 is 9.47 Å². The summed E-state index contributed by atoms with van der Waals surface area (Å²) in [5, 5.41) is 0. The van der Waals surface area contributed by atoms with Gasteiger partial charge in [0.05, 0.1) is 6.42 Å². The Balaban J connectivity index is 1.88. The average Bonchev–Trinajstić information content (AvgIpc) is 2.99. The van der Waals surface area contributed by atoms with Gasteiger partial charge in [0, 0.05) is 17.9 Å². The van der Waals surface area contributed by atoms with E-state index in [9.17, 15) is 4.79 Å². The molecule has 0 unspecified atom stereocenters. The topological polar surface area (TPSA) is 35.5 Å². The third-order valence-corrected chi connectivity index (χ3v) is 7.21. The van der Waals surface area contributed by atoms with Gasteiger partial charge in [0.2, 0.25) is 0 Å². The minimum Gasteiger partial charge on any atom is -0.352 e. The van der Waals surface area contributed by atoms with Gasteiger partial charge in [-0.15, -0.1) is 0 Å². The second-order valence-corrected chi connectivity index (χ2v) is 8.69. The molecule has 0 radical (unpaired) electrons. The molecule has 4 rings (SSSR count). The largest absolute Gasteiger partial charge is 0.352 e. The Morgan fingerprint density at radius 1 is 1.30 bits per heavy atom. The predicted molar refractivity (Wildman–Crippen MR) is 88.8 cm³/mol. The van der Waals surface area contributed by atoms with Crippen LogP contribution in [0.2, 0.25) is 0 Å². The second-order valence-electron chi connectivity index (χ2n) is 8.69. The van der Waals surface area contributed by atoms with Crippen LogP contribution < -0.4 is 0 Å². The summed E-state index contributed by atoms with van der Waals surface area (Å²) in [4.78, 5) is 12.5. The zero-order chi connectivity index (χ0) is 16.6. The molecule has 0 aromatic heterocycles. The highest BCUT2D eigenvalue weighted by atomic mass is 16.7. The summed E-state index contributed by atoms with van der Waals surface area (Å²) < 4.78 is 12.1. The van der Waals surface area contributed by atoms with E-state index in [4.69, 9.17) is 9.47 Å². The lowest BCUT2D eigenvalue weighted by atomic mass is 9.52. The van der Waals surface area contributed by atoms with Crippen molar-refractivity contribution in [3.63, 3.8) is 0 Å². The molecule has 5 atom stereocenters. The fraction of sp³-hybridized carbons (Fsp3) is 0.750. The van der Waals surface area contributed by atoms with E-state index in [0.717, 1.165) is 19.3 Å². The van der Waals surface area contributed by atoms with Gasteiger partial charge in [0.15, 0.2) is 11.6 Å². The number of fused-ring (bicyclic) bond motifs is 6. The van der Waals surface area contributed by atoms with Crippen molar-refractivity contribution in [2.45, 2.75) is 65.3 Å². The van der Waals surface area contributed by atoms with Crippen LogP contribution in [0.15, 0.2) is 23.3 Å². The summed E-state index contributed by atoms with van der Waals surface area (Å²) in [5.74, 6) is 0.386. The Morgan fingerprint density at radius 2 is 2.04 bits per heavy atom. The van der Waals surface area contributed by atoms with E-state index in [-0.39, 0.29) is 22.7 Å². The van der Waals surface area contributed by atoms with E-state index >= 15 is 0 Å². The van der Waals surface area contributed by atoms with Gasteiger partial charge in [-0.05, 0) is 36.7 Å². The van der Waals surface area contributed by atoms with Crippen LogP contribution in [0.4, 0.5) is 0 Å². The van der Waals surface area contributed by atoms with Crippen LogP contribution in [-0.4, -0.2) is 24.8 Å². The molecule has 2 aliphatic carbocycles. The number of carbonyl (C=O) groups is 1. The predicted octanol–water partition coefficient (Wildman–Crippen LogP) is 4.04. The van der Waals surface area contributed by atoms with E-state index < -0.39 is 5.79 Å². The molecule has 2 heterocycles. The van der Waals surface area contributed by atoms with Crippen LogP contribution in [-0.2, 0) is 14.3 Å². The number of ether oxygens (including phenoxy) is 2. The quantitative estimate of drug-likeness (QED) is 0.771. The minimum absolute atomic E-state index is 0.120. The van der Waals surface area contributed by atoms with Gasteiger partial charge >= 0.3 is 0 Å². The Morgan fingerprint density at radius 3 is 2.70 bits per heavy atom. The first kappa shape index (κ1) is 15.6. The SMILES string of the molecule is CO[C@]12CC(=O)[C@H](C[C@H]3C4=C(C(C)C)C=C[C@@]4(C)CC[C@@]31C)O2. The number of hydrogen-bond donors (Lipinski definition) is 0. The highest BCUT2D eigenvalue weighted by molar-refractivity contribution is 5.86. The molecule has 0 spiro atoms. The molecule has 0 N–H and O–H groups in total. The standard InChI is InChI=1S/C20H28O3/c1-12(2)13-6-7-18(3)8-9-19(4)14(17(13)18)10-16-15(21)11-20(19,22-5)23-16/h6-7,12,14,16H,8-11H2,1-5H3/t14-,16-,18-,19-,20-/m0/s1. The molecule has 1 saturated carbocycles. The third kappa shape index (κ3) is 1.76. The zero-order valence-corrected chi connectivity index (χ0v) is 14.9. The van der Waals surface area contributed by atoms with Crippen molar-refractivity contribution >= 4 is 5.78 Å². The van der Waals surface area contributed by atoms with Gasteiger partial charge in [0.25, 0.3) is 0 Å². The molecule has 4 aliphatic rings. The smallest absolute Gasteiger partial charge is 0.181 e. The van der Waals surface area contributed by atoms with Crippen molar-refractivity contribution < 1.29 is 14.3 Å². The lowest BCUT2D eigenvalue weighted by Gasteiger charge is -2.58. The zero-order valence-electron chi connectivity index (χ0n) is 14.9. The van der Waals surface area contributed by atoms with Crippen LogP contribution in [0.3, 0.4) is 0 Å². The molecule has 0 aromatic carbocycles. The minimum atomic E-state index is -0.726. The lowest BCUT2D eigenvalue weighted by molar-refractivity contribution is -0.315. The molecule has 0 amide bonds.